The molecule has 7 heteroatoms. The largest absolute Gasteiger partial charge is 0.461 e. The Morgan fingerprint density at radius 2 is 2.11 bits per heavy atom. The molecule has 1 unspecified atom stereocenters. The Labute approximate surface area is 171 Å². The zero-order chi connectivity index (χ0) is 18.8. The van der Waals surface area contributed by atoms with Gasteiger partial charge in [0.1, 0.15) is 0 Å². The lowest BCUT2D eigenvalue weighted by atomic mass is 10.0. The molecule has 1 aromatic carbocycles. The van der Waals surface area contributed by atoms with Crippen molar-refractivity contribution in [3.05, 3.63) is 46.7 Å². The Kier molecular flexibility index (Phi) is 5.66. The van der Waals surface area contributed by atoms with Crippen LogP contribution in [0.5, 0.6) is 0 Å². The van der Waals surface area contributed by atoms with Crippen molar-refractivity contribution in [2.24, 2.45) is 5.92 Å². The van der Waals surface area contributed by atoms with E-state index in [1.807, 2.05) is 36.0 Å². The second kappa shape index (κ2) is 8.17. The van der Waals surface area contributed by atoms with Gasteiger partial charge in [0.2, 0.25) is 0 Å². The summed E-state index contributed by atoms with van der Waals surface area (Å²) in [5, 5.41) is 10.4. The minimum absolute atomic E-state index is 0.307. The first-order valence-corrected chi connectivity index (χ1v) is 11.3. The average molecular weight is 419 g/mol. The number of aromatic nitrogens is 2. The molecule has 0 N–H and O–H groups in total. The summed E-state index contributed by atoms with van der Waals surface area (Å²) >= 11 is 9.57. The minimum Gasteiger partial charge on any atom is -0.461 e. The smallest absolute Gasteiger partial charge is 0.360 e. The lowest BCUT2D eigenvalue weighted by molar-refractivity contribution is 0.0521. The zero-order valence-electron chi connectivity index (χ0n) is 14.9. The van der Waals surface area contributed by atoms with Crippen molar-refractivity contribution in [3.63, 3.8) is 0 Å². The van der Waals surface area contributed by atoms with Gasteiger partial charge in [-0.3, -0.25) is 0 Å². The van der Waals surface area contributed by atoms with Crippen LogP contribution in [0, 0.1) is 5.92 Å². The monoisotopic (exact) mass is 418 g/mol. The summed E-state index contributed by atoms with van der Waals surface area (Å²) in [5.74, 6) is 2.58. The summed E-state index contributed by atoms with van der Waals surface area (Å²) in [6.07, 6.45) is 2.11. The van der Waals surface area contributed by atoms with Crippen LogP contribution in [0.1, 0.15) is 29.5 Å². The van der Waals surface area contributed by atoms with Crippen LogP contribution in [0.4, 0.5) is 0 Å². The highest BCUT2D eigenvalue weighted by Gasteiger charge is 2.23. The van der Waals surface area contributed by atoms with Gasteiger partial charge in [0, 0.05) is 15.3 Å². The number of halogens is 1. The predicted octanol–water partition coefficient (Wildman–Crippen LogP) is 5.48. The van der Waals surface area contributed by atoms with Crippen molar-refractivity contribution in [3.8, 4) is 10.4 Å². The Balaban J connectivity index is 1.80. The number of nitrogens with zero attached hydrogens (tertiary/aromatic N) is 2. The zero-order valence-corrected chi connectivity index (χ0v) is 17.3. The van der Waals surface area contributed by atoms with Crippen LogP contribution in [0.3, 0.4) is 0 Å². The van der Waals surface area contributed by atoms with Gasteiger partial charge in [-0.05, 0) is 61.0 Å². The van der Waals surface area contributed by atoms with E-state index in [0.29, 0.717) is 23.2 Å². The number of rotatable bonds is 5. The van der Waals surface area contributed by atoms with E-state index in [2.05, 4.69) is 16.3 Å². The maximum Gasteiger partial charge on any atom is 0.360 e. The molecule has 4 nitrogen and oxygen atoms in total. The van der Waals surface area contributed by atoms with Gasteiger partial charge >= 0.3 is 5.97 Å². The Hall–Kier alpha value is -1.63. The van der Waals surface area contributed by atoms with Gasteiger partial charge in [0.25, 0.3) is 0 Å². The van der Waals surface area contributed by atoms with Crippen LogP contribution in [0.2, 0.25) is 5.02 Å². The molecule has 0 amide bonds. The lowest BCUT2D eigenvalue weighted by Crippen LogP contribution is -2.11. The molecular formula is C20H19ClN2O2S2. The van der Waals surface area contributed by atoms with Crippen molar-refractivity contribution in [2.45, 2.75) is 19.8 Å². The molecule has 2 aromatic heterocycles. The number of fused-ring (bicyclic) bond motifs is 1. The molecule has 1 aliphatic rings. The number of thiophene rings is 1. The van der Waals surface area contributed by atoms with E-state index in [1.54, 1.807) is 18.3 Å². The highest BCUT2D eigenvalue weighted by molar-refractivity contribution is 7.99. The number of carbonyl (C=O) groups is 1. The number of hydrogen-bond acceptors (Lipinski definition) is 6. The lowest BCUT2D eigenvalue weighted by Gasteiger charge is -2.09. The number of benzene rings is 1. The number of hydrogen-bond donors (Lipinski definition) is 0. The van der Waals surface area contributed by atoms with E-state index < -0.39 is 5.97 Å². The fourth-order valence-electron chi connectivity index (χ4n) is 3.25. The van der Waals surface area contributed by atoms with Crippen LogP contribution in [0.15, 0.2) is 30.3 Å². The minimum atomic E-state index is -0.414. The maximum atomic E-state index is 12.4. The predicted molar refractivity (Wildman–Crippen MR) is 113 cm³/mol. The molecule has 27 heavy (non-hydrogen) atoms. The van der Waals surface area contributed by atoms with E-state index >= 15 is 0 Å². The highest BCUT2D eigenvalue weighted by atomic mass is 35.5. The molecule has 0 bridgehead atoms. The average Bonchev–Trinajstić information content (AvgIpc) is 3.32. The van der Waals surface area contributed by atoms with Gasteiger partial charge in [-0.2, -0.15) is 16.9 Å². The summed E-state index contributed by atoms with van der Waals surface area (Å²) in [6.45, 7) is 2.11. The van der Waals surface area contributed by atoms with Gasteiger partial charge in [-0.1, -0.05) is 23.7 Å². The van der Waals surface area contributed by atoms with E-state index in [9.17, 15) is 4.79 Å². The second-order valence-corrected chi connectivity index (χ2v) is 9.15. The molecule has 0 saturated carbocycles. The Morgan fingerprint density at radius 1 is 1.30 bits per heavy atom. The molecule has 1 fully saturated rings. The molecule has 1 atom stereocenters. The van der Waals surface area contributed by atoms with Crippen molar-refractivity contribution in [1.29, 1.82) is 0 Å². The van der Waals surface area contributed by atoms with E-state index in [4.69, 9.17) is 16.3 Å². The molecule has 3 heterocycles. The Morgan fingerprint density at radius 3 is 2.81 bits per heavy atom. The third kappa shape index (κ3) is 3.98. The maximum absolute atomic E-state index is 12.4. The van der Waals surface area contributed by atoms with Gasteiger partial charge in [-0.15, -0.1) is 16.4 Å². The third-order valence-corrected chi connectivity index (χ3v) is 7.31. The summed E-state index contributed by atoms with van der Waals surface area (Å²) in [5.41, 5.74) is 2.35. The van der Waals surface area contributed by atoms with E-state index in [1.165, 1.54) is 12.2 Å². The van der Waals surface area contributed by atoms with Gasteiger partial charge in [0.15, 0.2) is 5.69 Å². The van der Waals surface area contributed by atoms with Crippen molar-refractivity contribution in [2.75, 3.05) is 18.1 Å². The summed E-state index contributed by atoms with van der Waals surface area (Å²) in [7, 11) is 0. The summed E-state index contributed by atoms with van der Waals surface area (Å²) in [6, 6.07) is 9.86. The molecule has 0 radical (unpaired) electrons. The standard InChI is InChI=1S/C20H19ClN2O2S2/c1-2-25-20(24)18-19-15(16(22-23-18)9-12-7-8-26-11-12)10-17(27-19)13-3-5-14(21)6-4-13/h3-6,10,12H,2,7-9,11H2,1H3. The molecule has 0 aliphatic carbocycles. The van der Waals surface area contributed by atoms with Crippen LogP contribution in [-0.4, -0.2) is 34.3 Å². The van der Waals surface area contributed by atoms with Crippen LogP contribution >= 0.6 is 34.7 Å². The van der Waals surface area contributed by atoms with E-state index in [-0.39, 0.29) is 0 Å². The third-order valence-electron chi connectivity index (χ3n) is 4.63. The van der Waals surface area contributed by atoms with Crippen LogP contribution in [-0.2, 0) is 11.2 Å². The van der Waals surface area contributed by atoms with Crippen molar-refractivity contribution in [1.82, 2.24) is 10.2 Å². The molecule has 3 aromatic rings. The first-order chi connectivity index (χ1) is 13.2. The molecule has 0 spiro atoms. The Bertz CT molecular complexity index is 966. The first kappa shape index (κ1) is 18.7. The van der Waals surface area contributed by atoms with Crippen molar-refractivity contribution >= 4 is 50.8 Å². The molecule has 4 rings (SSSR count). The number of carbonyl (C=O) groups excluding carboxylic acids is 1. The van der Waals surface area contributed by atoms with Gasteiger partial charge < -0.3 is 4.74 Å². The summed E-state index contributed by atoms with van der Waals surface area (Å²) in [4.78, 5) is 13.4. The topological polar surface area (TPSA) is 52.1 Å². The van der Waals surface area contributed by atoms with Gasteiger partial charge in [0.05, 0.1) is 17.0 Å². The second-order valence-electron chi connectivity index (χ2n) is 6.51. The normalized spacial score (nSPS) is 16.7. The van der Waals surface area contributed by atoms with Crippen LogP contribution < -0.4 is 0 Å². The summed E-state index contributed by atoms with van der Waals surface area (Å²) < 4.78 is 6.04. The number of thioether (sulfide) groups is 1. The first-order valence-electron chi connectivity index (χ1n) is 8.95. The molecule has 1 saturated heterocycles. The number of ether oxygens (including phenoxy) is 1. The fraction of sp³-hybridized carbons (Fsp3) is 0.350. The van der Waals surface area contributed by atoms with Crippen LogP contribution in [0.25, 0.3) is 20.5 Å². The highest BCUT2D eigenvalue weighted by Crippen LogP contribution is 2.38. The molecule has 140 valence electrons. The fourth-order valence-corrected chi connectivity index (χ4v) is 5.82. The SMILES string of the molecule is CCOC(=O)c1nnc(CC2CCSC2)c2cc(-c3ccc(Cl)cc3)sc12. The molecular weight excluding hydrogens is 400 g/mol. The van der Waals surface area contributed by atoms with E-state index in [0.717, 1.165) is 38.4 Å². The van der Waals surface area contributed by atoms with Gasteiger partial charge in [-0.25, -0.2) is 4.79 Å². The quantitative estimate of drug-likeness (QED) is 0.513. The van der Waals surface area contributed by atoms with Crippen molar-refractivity contribution < 1.29 is 9.53 Å². The molecule has 1 aliphatic heterocycles. The number of esters is 1.